The molecular formula is C15H20N2O3. The van der Waals surface area contributed by atoms with Crippen molar-refractivity contribution in [3.05, 3.63) is 24.3 Å². The molecule has 3 amide bonds. The number of hydrogen-bond donors (Lipinski definition) is 0. The maximum absolute atomic E-state index is 12.6. The lowest BCUT2D eigenvalue weighted by atomic mass is 10.2. The van der Waals surface area contributed by atoms with Crippen LogP contribution in [0.3, 0.4) is 0 Å². The van der Waals surface area contributed by atoms with E-state index < -0.39 is 0 Å². The lowest BCUT2D eigenvalue weighted by Gasteiger charge is -2.29. The van der Waals surface area contributed by atoms with Crippen LogP contribution in [0, 0.1) is 0 Å². The summed E-state index contributed by atoms with van der Waals surface area (Å²) in [6.07, 6.45) is 1.08. The van der Waals surface area contributed by atoms with Crippen LogP contribution < -0.4 is 9.64 Å². The van der Waals surface area contributed by atoms with Gasteiger partial charge in [0.15, 0.2) is 0 Å². The molecule has 1 aliphatic heterocycles. The molecule has 1 fully saturated rings. The van der Waals surface area contributed by atoms with E-state index in [2.05, 4.69) is 0 Å². The van der Waals surface area contributed by atoms with Gasteiger partial charge in [-0.3, -0.25) is 4.79 Å². The van der Waals surface area contributed by atoms with E-state index in [1.165, 1.54) is 4.90 Å². The Morgan fingerprint density at radius 3 is 2.65 bits per heavy atom. The fourth-order valence-electron chi connectivity index (χ4n) is 2.33. The summed E-state index contributed by atoms with van der Waals surface area (Å²) >= 11 is 0. The predicted octanol–water partition coefficient (Wildman–Crippen LogP) is 2.65. The van der Waals surface area contributed by atoms with E-state index in [1.807, 2.05) is 13.8 Å². The summed E-state index contributed by atoms with van der Waals surface area (Å²) in [7, 11) is 1.56. The Hall–Kier alpha value is -2.04. The van der Waals surface area contributed by atoms with E-state index in [-0.39, 0.29) is 18.0 Å². The first kappa shape index (κ1) is 14.4. The molecule has 0 aliphatic carbocycles. The van der Waals surface area contributed by atoms with Crippen LogP contribution in [0.4, 0.5) is 10.5 Å². The van der Waals surface area contributed by atoms with E-state index >= 15 is 0 Å². The Morgan fingerprint density at radius 1 is 1.25 bits per heavy atom. The number of nitrogens with zero attached hydrogens (tertiary/aromatic N) is 2. The fraction of sp³-hybridized carbons (Fsp3) is 0.467. The largest absolute Gasteiger partial charge is 0.497 e. The maximum atomic E-state index is 12.6. The molecule has 5 heteroatoms. The Kier molecular flexibility index (Phi) is 4.27. The van der Waals surface area contributed by atoms with Gasteiger partial charge in [-0.05, 0) is 32.4 Å². The second-order valence-electron chi connectivity index (χ2n) is 5.10. The minimum atomic E-state index is -0.254. The van der Waals surface area contributed by atoms with Crippen LogP contribution in [0.25, 0.3) is 0 Å². The third kappa shape index (κ3) is 2.76. The fourth-order valence-corrected chi connectivity index (χ4v) is 2.33. The summed E-state index contributed by atoms with van der Waals surface area (Å²) < 4.78 is 5.16. The van der Waals surface area contributed by atoms with Crippen molar-refractivity contribution < 1.29 is 14.3 Å². The second kappa shape index (κ2) is 5.94. The quantitative estimate of drug-likeness (QED) is 0.852. The zero-order valence-electron chi connectivity index (χ0n) is 12.1. The lowest BCUT2D eigenvalue weighted by Crippen LogP contribution is -2.47. The van der Waals surface area contributed by atoms with Crippen molar-refractivity contribution in [1.29, 1.82) is 0 Å². The zero-order valence-corrected chi connectivity index (χ0v) is 12.1. The predicted molar refractivity (Wildman–Crippen MR) is 77.0 cm³/mol. The minimum Gasteiger partial charge on any atom is -0.497 e. The van der Waals surface area contributed by atoms with Crippen LogP contribution in [-0.4, -0.2) is 36.5 Å². The highest BCUT2D eigenvalue weighted by Gasteiger charge is 2.32. The van der Waals surface area contributed by atoms with Gasteiger partial charge in [0.05, 0.1) is 12.8 Å². The van der Waals surface area contributed by atoms with E-state index in [9.17, 15) is 9.59 Å². The Balaban J connectivity index is 2.38. The Labute approximate surface area is 119 Å². The molecular weight excluding hydrogens is 256 g/mol. The molecule has 0 spiro atoms. The molecule has 0 radical (unpaired) electrons. The standard InChI is InChI=1S/C15H20N2O3/c1-11(2)16-9-5-8-14(18)17(15(16)19)12-6-4-7-13(10-12)20-3/h4,6-7,10-11H,5,8-9H2,1-3H3. The minimum absolute atomic E-state index is 0.0708. The van der Waals surface area contributed by atoms with Crippen molar-refractivity contribution in [3.8, 4) is 5.75 Å². The molecule has 5 nitrogen and oxygen atoms in total. The number of anilines is 1. The van der Waals surface area contributed by atoms with Crippen molar-refractivity contribution >= 4 is 17.6 Å². The van der Waals surface area contributed by atoms with Gasteiger partial charge in [-0.15, -0.1) is 0 Å². The van der Waals surface area contributed by atoms with Crippen molar-refractivity contribution in [2.45, 2.75) is 32.7 Å². The molecule has 0 saturated carbocycles. The van der Waals surface area contributed by atoms with Gasteiger partial charge < -0.3 is 9.64 Å². The van der Waals surface area contributed by atoms with Gasteiger partial charge in [0.1, 0.15) is 5.75 Å². The average Bonchev–Trinajstić information content (AvgIpc) is 2.57. The summed E-state index contributed by atoms with van der Waals surface area (Å²) in [6.45, 7) is 4.53. The highest BCUT2D eigenvalue weighted by atomic mass is 16.5. The molecule has 0 atom stereocenters. The highest BCUT2D eigenvalue weighted by molar-refractivity contribution is 6.14. The molecule has 0 bridgehead atoms. The van der Waals surface area contributed by atoms with Crippen LogP contribution in [0.1, 0.15) is 26.7 Å². The lowest BCUT2D eigenvalue weighted by molar-refractivity contribution is -0.117. The van der Waals surface area contributed by atoms with E-state index in [0.717, 1.165) is 0 Å². The Bertz CT molecular complexity index is 514. The molecule has 2 rings (SSSR count). The maximum Gasteiger partial charge on any atom is 0.331 e. The van der Waals surface area contributed by atoms with Crippen molar-refractivity contribution in [2.24, 2.45) is 0 Å². The summed E-state index contributed by atoms with van der Waals surface area (Å²) in [6, 6.07) is 6.84. The highest BCUT2D eigenvalue weighted by Crippen LogP contribution is 2.25. The summed E-state index contributed by atoms with van der Waals surface area (Å²) in [4.78, 5) is 27.8. The number of methoxy groups -OCH3 is 1. The molecule has 0 aromatic heterocycles. The molecule has 0 unspecified atom stereocenters. The number of carbonyl (C=O) groups excluding carboxylic acids is 2. The summed E-state index contributed by atoms with van der Waals surface area (Å²) in [5.74, 6) is 0.467. The smallest absolute Gasteiger partial charge is 0.331 e. The molecule has 1 saturated heterocycles. The van der Waals surface area contributed by atoms with Gasteiger partial charge in [-0.1, -0.05) is 6.07 Å². The van der Waals surface area contributed by atoms with Crippen LogP contribution >= 0.6 is 0 Å². The number of urea groups is 1. The normalized spacial score (nSPS) is 16.6. The van der Waals surface area contributed by atoms with Gasteiger partial charge in [-0.2, -0.15) is 0 Å². The van der Waals surface area contributed by atoms with E-state index in [4.69, 9.17) is 4.74 Å². The number of benzene rings is 1. The van der Waals surface area contributed by atoms with Gasteiger partial charge in [0.2, 0.25) is 5.91 Å². The van der Waals surface area contributed by atoms with E-state index in [0.29, 0.717) is 30.8 Å². The first-order valence-corrected chi connectivity index (χ1v) is 6.82. The SMILES string of the molecule is COc1cccc(N2C(=O)CCCN(C(C)C)C2=O)c1. The Morgan fingerprint density at radius 2 is 2.00 bits per heavy atom. The second-order valence-corrected chi connectivity index (χ2v) is 5.10. The molecule has 108 valence electrons. The van der Waals surface area contributed by atoms with Gasteiger partial charge >= 0.3 is 6.03 Å². The average molecular weight is 276 g/mol. The van der Waals surface area contributed by atoms with Crippen LogP contribution in [0.5, 0.6) is 5.75 Å². The van der Waals surface area contributed by atoms with Crippen LogP contribution in [-0.2, 0) is 4.79 Å². The summed E-state index contributed by atoms with van der Waals surface area (Å²) in [5.41, 5.74) is 0.562. The van der Waals surface area contributed by atoms with Crippen molar-refractivity contribution in [1.82, 2.24) is 4.90 Å². The molecule has 1 aromatic carbocycles. The number of amides is 3. The number of hydrogen-bond acceptors (Lipinski definition) is 3. The van der Waals surface area contributed by atoms with Crippen molar-refractivity contribution in [2.75, 3.05) is 18.6 Å². The molecule has 20 heavy (non-hydrogen) atoms. The first-order valence-electron chi connectivity index (χ1n) is 6.82. The van der Waals surface area contributed by atoms with Crippen LogP contribution in [0.15, 0.2) is 24.3 Å². The van der Waals surface area contributed by atoms with E-state index in [1.54, 1.807) is 36.3 Å². The number of imide groups is 1. The molecule has 0 N–H and O–H groups in total. The molecule has 1 aromatic rings. The van der Waals surface area contributed by atoms with Gasteiger partial charge in [-0.25, -0.2) is 9.69 Å². The van der Waals surface area contributed by atoms with Crippen LogP contribution in [0.2, 0.25) is 0 Å². The third-order valence-electron chi connectivity index (χ3n) is 3.41. The molecule has 1 aliphatic rings. The number of rotatable bonds is 3. The summed E-state index contributed by atoms with van der Waals surface area (Å²) in [5, 5.41) is 0. The number of carbonyl (C=O) groups is 2. The number of ether oxygens (including phenoxy) is 1. The van der Waals surface area contributed by atoms with Gasteiger partial charge in [0.25, 0.3) is 0 Å². The topological polar surface area (TPSA) is 49.9 Å². The van der Waals surface area contributed by atoms with Gasteiger partial charge in [0, 0.05) is 25.1 Å². The monoisotopic (exact) mass is 276 g/mol. The molecule has 1 heterocycles. The zero-order chi connectivity index (χ0) is 14.7. The third-order valence-corrected chi connectivity index (χ3v) is 3.41. The van der Waals surface area contributed by atoms with Crippen molar-refractivity contribution in [3.63, 3.8) is 0 Å². The first-order chi connectivity index (χ1) is 9.54.